The van der Waals surface area contributed by atoms with Crippen molar-refractivity contribution in [1.82, 2.24) is 9.38 Å². The molecule has 31 heavy (non-hydrogen) atoms. The van der Waals surface area contributed by atoms with Crippen LogP contribution in [0.25, 0.3) is 16.9 Å². The van der Waals surface area contributed by atoms with E-state index in [2.05, 4.69) is 4.98 Å². The molecule has 0 atom stereocenters. The highest BCUT2D eigenvalue weighted by atomic mass is 16.6. The van der Waals surface area contributed by atoms with Gasteiger partial charge in [-0.25, -0.2) is 14.6 Å². The third kappa shape index (κ3) is 5.30. The molecule has 1 aromatic carbocycles. The first-order chi connectivity index (χ1) is 14.4. The van der Waals surface area contributed by atoms with E-state index in [1.807, 2.05) is 58.1 Å². The predicted molar refractivity (Wildman–Crippen MR) is 119 cm³/mol. The molecule has 0 radical (unpaired) electrons. The summed E-state index contributed by atoms with van der Waals surface area (Å²) in [5.74, 6) is -0.786. The number of carbonyl (C=O) groups is 2. The maximum atomic E-state index is 12.4. The number of aromatic nitrogens is 2. The molecule has 7 nitrogen and oxygen atoms in total. The summed E-state index contributed by atoms with van der Waals surface area (Å²) < 4.78 is 12.7. The Morgan fingerprint density at radius 3 is 1.97 bits per heavy atom. The number of nitrogens with zero attached hydrogens (tertiary/aromatic N) is 2. The number of benzene rings is 1. The van der Waals surface area contributed by atoms with Gasteiger partial charge < -0.3 is 19.6 Å². The molecule has 0 spiro atoms. The Kier molecular flexibility index (Phi) is 5.91. The minimum atomic E-state index is -0.581. The van der Waals surface area contributed by atoms with E-state index in [0.29, 0.717) is 22.5 Å². The zero-order chi connectivity index (χ0) is 23.0. The van der Waals surface area contributed by atoms with Gasteiger partial charge in [-0.2, -0.15) is 0 Å². The van der Waals surface area contributed by atoms with Crippen molar-refractivity contribution in [3.8, 4) is 11.3 Å². The Balaban J connectivity index is 1.95. The third-order valence-corrected chi connectivity index (χ3v) is 4.35. The summed E-state index contributed by atoms with van der Waals surface area (Å²) >= 11 is 0. The van der Waals surface area contributed by atoms with Gasteiger partial charge in [-0.15, -0.1) is 0 Å². The second kappa shape index (κ2) is 8.15. The number of pyridine rings is 1. The molecule has 0 fully saturated rings. The highest BCUT2D eigenvalue weighted by molar-refractivity contribution is 5.91. The van der Waals surface area contributed by atoms with E-state index in [9.17, 15) is 9.59 Å². The molecule has 2 aromatic heterocycles. The van der Waals surface area contributed by atoms with Gasteiger partial charge in [-0.05, 0) is 65.8 Å². The average molecular weight is 424 g/mol. The highest BCUT2D eigenvalue weighted by Gasteiger charge is 2.21. The summed E-state index contributed by atoms with van der Waals surface area (Å²) in [6.07, 6.45) is 1.77. The van der Waals surface area contributed by atoms with E-state index in [1.165, 1.54) is 0 Å². The first-order valence-corrected chi connectivity index (χ1v) is 10.2. The van der Waals surface area contributed by atoms with Crippen LogP contribution in [0.5, 0.6) is 0 Å². The summed E-state index contributed by atoms with van der Waals surface area (Å²) in [4.78, 5) is 29.4. The van der Waals surface area contributed by atoms with Crippen LogP contribution in [0.2, 0.25) is 0 Å². The standard InChI is InChI=1S/C24H29N3O4/c1-23(2,3)30-21(28)16-9-7-15(8-10-16)20-18(14-25)27-12-11-17(13-19(27)26-20)22(29)31-24(4,5)6/h7-13H,14,25H2,1-6H3. The number of hydrogen-bond acceptors (Lipinski definition) is 6. The van der Waals surface area contributed by atoms with Crippen LogP contribution < -0.4 is 5.73 Å². The fourth-order valence-electron chi connectivity index (χ4n) is 3.09. The molecule has 0 saturated heterocycles. The molecule has 7 heteroatoms. The molecule has 164 valence electrons. The Hall–Kier alpha value is -3.19. The van der Waals surface area contributed by atoms with Crippen molar-refractivity contribution in [2.24, 2.45) is 5.73 Å². The molecule has 0 aliphatic heterocycles. The van der Waals surface area contributed by atoms with Gasteiger partial charge in [0.2, 0.25) is 0 Å². The quantitative estimate of drug-likeness (QED) is 0.626. The van der Waals surface area contributed by atoms with Crippen molar-refractivity contribution < 1.29 is 19.1 Å². The van der Waals surface area contributed by atoms with Gasteiger partial charge in [0.1, 0.15) is 16.8 Å². The van der Waals surface area contributed by atoms with E-state index < -0.39 is 17.2 Å². The van der Waals surface area contributed by atoms with Crippen LogP contribution in [-0.2, 0) is 16.0 Å². The number of esters is 2. The number of fused-ring (bicyclic) bond motifs is 1. The molecule has 3 aromatic rings. The number of hydrogen-bond donors (Lipinski definition) is 1. The summed E-state index contributed by atoms with van der Waals surface area (Å²) in [7, 11) is 0. The SMILES string of the molecule is CC(C)(C)OC(=O)c1ccc(-c2nc3cc(C(=O)OC(C)(C)C)ccn3c2CN)cc1. The smallest absolute Gasteiger partial charge is 0.338 e. The van der Waals surface area contributed by atoms with Crippen molar-refractivity contribution in [2.45, 2.75) is 59.3 Å². The van der Waals surface area contributed by atoms with Crippen LogP contribution in [0.15, 0.2) is 42.6 Å². The van der Waals surface area contributed by atoms with Crippen molar-refractivity contribution >= 4 is 17.6 Å². The summed E-state index contributed by atoms with van der Waals surface area (Å²) in [6, 6.07) is 10.4. The van der Waals surface area contributed by atoms with E-state index in [4.69, 9.17) is 15.2 Å². The lowest BCUT2D eigenvalue weighted by molar-refractivity contribution is 0.00570. The van der Waals surface area contributed by atoms with Crippen molar-refractivity contribution in [3.05, 3.63) is 59.4 Å². The monoisotopic (exact) mass is 423 g/mol. The lowest BCUT2D eigenvalue weighted by atomic mass is 10.1. The van der Waals surface area contributed by atoms with Gasteiger partial charge in [0.15, 0.2) is 0 Å². The van der Waals surface area contributed by atoms with E-state index in [-0.39, 0.29) is 12.5 Å². The van der Waals surface area contributed by atoms with Gasteiger partial charge in [0.25, 0.3) is 0 Å². The molecule has 0 saturated carbocycles. The molecule has 0 unspecified atom stereocenters. The topological polar surface area (TPSA) is 95.9 Å². The van der Waals surface area contributed by atoms with Crippen LogP contribution in [0, 0.1) is 0 Å². The van der Waals surface area contributed by atoms with Crippen molar-refractivity contribution in [2.75, 3.05) is 0 Å². The largest absolute Gasteiger partial charge is 0.456 e. The number of imidazole rings is 1. The Bertz CT molecular complexity index is 1120. The zero-order valence-corrected chi connectivity index (χ0v) is 18.9. The molecular weight excluding hydrogens is 394 g/mol. The highest BCUT2D eigenvalue weighted by Crippen LogP contribution is 2.26. The first-order valence-electron chi connectivity index (χ1n) is 10.2. The third-order valence-electron chi connectivity index (χ3n) is 4.35. The minimum Gasteiger partial charge on any atom is -0.456 e. The Morgan fingerprint density at radius 1 is 0.903 bits per heavy atom. The van der Waals surface area contributed by atoms with Crippen LogP contribution in [0.3, 0.4) is 0 Å². The maximum absolute atomic E-state index is 12.4. The summed E-state index contributed by atoms with van der Waals surface area (Å²) in [5.41, 5.74) is 8.64. The molecule has 0 amide bonds. The van der Waals surface area contributed by atoms with Crippen molar-refractivity contribution in [1.29, 1.82) is 0 Å². The van der Waals surface area contributed by atoms with Crippen LogP contribution in [0.4, 0.5) is 0 Å². The van der Waals surface area contributed by atoms with Gasteiger partial charge >= 0.3 is 11.9 Å². The van der Waals surface area contributed by atoms with Crippen LogP contribution in [-0.4, -0.2) is 32.5 Å². The minimum absolute atomic E-state index is 0.260. The second-order valence-electron chi connectivity index (χ2n) is 9.34. The molecule has 2 N–H and O–H groups in total. The first kappa shape index (κ1) is 22.5. The van der Waals surface area contributed by atoms with Crippen molar-refractivity contribution in [3.63, 3.8) is 0 Å². The molecule has 2 heterocycles. The van der Waals surface area contributed by atoms with E-state index in [1.54, 1.807) is 30.5 Å². The lowest BCUT2D eigenvalue weighted by Crippen LogP contribution is -2.23. The van der Waals surface area contributed by atoms with E-state index >= 15 is 0 Å². The maximum Gasteiger partial charge on any atom is 0.338 e. The second-order valence-corrected chi connectivity index (χ2v) is 9.34. The van der Waals surface area contributed by atoms with Gasteiger partial charge in [-0.3, -0.25) is 0 Å². The van der Waals surface area contributed by atoms with Crippen LogP contribution in [0.1, 0.15) is 68.0 Å². The van der Waals surface area contributed by atoms with Gasteiger partial charge in [-0.1, -0.05) is 12.1 Å². The fraction of sp³-hybridized carbons (Fsp3) is 0.375. The van der Waals surface area contributed by atoms with Gasteiger partial charge in [0.05, 0.1) is 22.5 Å². The number of ether oxygens (including phenoxy) is 2. The number of rotatable bonds is 4. The normalized spacial score (nSPS) is 12.1. The van der Waals surface area contributed by atoms with Crippen LogP contribution >= 0.6 is 0 Å². The number of nitrogens with two attached hydrogens (primary N) is 1. The zero-order valence-electron chi connectivity index (χ0n) is 18.9. The Labute approximate surface area is 182 Å². The molecule has 0 aliphatic rings. The summed E-state index contributed by atoms with van der Waals surface area (Å²) in [6.45, 7) is 11.2. The average Bonchev–Trinajstić information content (AvgIpc) is 3.03. The molecule has 3 rings (SSSR count). The molecule has 0 bridgehead atoms. The lowest BCUT2D eigenvalue weighted by Gasteiger charge is -2.19. The fourth-order valence-corrected chi connectivity index (χ4v) is 3.09. The Morgan fingerprint density at radius 2 is 1.45 bits per heavy atom. The van der Waals surface area contributed by atoms with E-state index in [0.717, 1.165) is 11.3 Å². The predicted octanol–water partition coefficient (Wildman–Crippen LogP) is 4.37. The van der Waals surface area contributed by atoms with Gasteiger partial charge in [0, 0.05) is 18.3 Å². The molecule has 0 aliphatic carbocycles. The molecular formula is C24H29N3O4. The number of carbonyl (C=O) groups excluding carboxylic acids is 2. The summed E-state index contributed by atoms with van der Waals surface area (Å²) in [5, 5.41) is 0.